The first-order chi connectivity index (χ1) is 16.1. The van der Waals surface area contributed by atoms with E-state index in [4.69, 9.17) is 12.2 Å². The molecule has 1 saturated carbocycles. The summed E-state index contributed by atoms with van der Waals surface area (Å²) in [7, 11) is 0. The van der Waals surface area contributed by atoms with E-state index in [0.29, 0.717) is 23.8 Å². The molecule has 1 amide bonds. The van der Waals surface area contributed by atoms with Crippen LogP contribution in [0.5, 0.6) is 0 Å². The standard InChI is InChI=1S/C25H32N4O2S2/c1-2-28(20-7-4-3-5-8-20)15-6-14-26-23(30)19-11-9-18(10-12-19)17-29-24(31)22-21(13-16-33-22)27-25(29)32/h3-5,7-8,13,16,18-19H,2,6,9-12,14-15,17H2,1H3,(H,26,30)(H,27,32). The number of benzene rings is 1. The van der Waals surface area contributed by atoms with Crippen molar-refractivity contribution in [1.82, 2.24) is 14.9 Å². The van der Waals surface area contributed by atoms with Gasteiger partial charge in [0.15, 0.2) is 4.77 Å². The molecule has 6 nitrogen and oxygen atoms in total. The van der Waals surface area contributed by atoms with Crippen LogP contribution >= 0.6 is 23.6 Å². The minimum Gasteiger partial charge on any atom is -0.372 e. The number of aromatic nitrogens is 2. The summed E-state index contributed by atoms with van der Waals surface area (Å²) in [5.74, 6) is 0.623. The first-order valence-corrected chi connectivity index (χ1v) is 13.1. The summed E-state index contributed by atoms with van der Waals surface area (Å²) in [5, 5.41) is 5.05. The van der Waals surface area contributed by atoms with Gasteiger partial charge in [-0.25, -0.2) is 0 Å². The van der Waals surface area contributed by atoms with Crippen molar-refractivity contribution in [3.63, 3.8) is 0 Å². The highest BCUT2D eigenvalue weighted by atomic mass is 32.1. The van der Waals surface area contributed by atoms with Gasteiger partial charge in [-0.15, -0.1) is 11.3 Å². The predicted molar refractivity (Wildman–Crippen MR) is 139 cm³/mol. The molecule has 4 rings (SSSR count). The van der Waals surface area contributed by atoms with Crippen LogP contribution in [-0.4, -0.2) is 35.1 Å². The maximum atomic E-state index is 12.8. The predicted octanol–water partition coefficient (Wildman–Crippen LogP) is 4.96. The van der Waals surface area contributed by atoms with E-state index in [1.807, 2.05) is 17.5 Å². The van der Waals surface area contributed by atoms with E-state index in [9.17, 15) is 9.59 Å². The molecule has 33 heavy (non-hydrogen) atoms. The molecule has 0 radical (unpaired) electrons. The van der Waals surface area contributed by atoms with Crippen molar-refractivity contribution in [1.29, 1.82) is 0 Å². The maximum absolute atomic E-state index is 12.8. The van der Waals surface area contributed by atoms with Crippen molar-refractivity contribution in [3.05, 3.63) is 56.9 Å². The van der Waals surface area contributed by atoms with E-state index >= 15 is 0 Å². The van der Waals surface area contributed by atoms with Gasteiger partial charge in [-0.05, 0) is 80.7 Å². The monoisotopic (exact) mass is 484 g/mol. The van der Waals surface area contributed by atoms with Gasteiger partial charge in [-0.3, -0.25) is 14.2 Å². The smallest absolute Gasteiger partial charge is 0.272 e. The van der Waals surface area contributed by atoms with Crippen LogP contribution in [0.1, 0.15) is 39.0 Å². The van der Waals surface area contributed by atoms with Gasteiger partial charge in [-0.1, -0.05) is 18.2 Å². The number of nitrogens with one attached hydrogen (secondary N) is 2. The molecule has 2 N–H and O–H groups in total. The van der Waals surface area contributed by atoms with Gasteiger partial charge in [0, 0.05) is 37.8 Å². The minimum atomic E-state index is 0.000224. The molecule has 0 saturated heterocycles. The second-order valence-electron chi connectivity index (χ2n) is 8.79. The molecule has 0 unspecified atom stereocenters. The fourth-order valence-corrected chi connectivity index (χ4v) is 5.80. The van der Waals surface area contributed by atoms with Crippen LogP contribution in [0.2, 0.25) is 0 Å². The van der Waals surface area contributed by atoms with E-state index in [1.54, 1.807) is 4.57 Å². The van der Waals surface area contributed by atoms with E-state index in [2.05, 4.69) is 46.4 Å². The number of H-pyrrole nitrogens is 1. The van der Waals surface area contributed by atoms with Gasteiger partial charge in [0.25, 0.3) is 5.56 Å². The molecule has 1 fully saturated rings. The summed E-state index contributed by atoms with van der Waals surface area (Å²) in [6.07, 6.45) is 4.55. The molecule has 0 aliphatic heterocycles. The Morgan fingerprint density at radius 2 is 1.97 bits per heavy atom. The van der Waals surface area contributed by atoms with Gasteiger partial charge in [0.2, 0.25) is 5.91 Å². The highest BCUT2D eigenvalue weighted by Gasteiger charge is 2.27. The Labute approximate surface area is 203 Å². The highest BCUT2D eigenvalue weighted by molar-refractivity contribution is 7.71. The number of carbonyl (C=O) groups is 1. The summed E-state index contributed by atoms with van der Waals surface area (Å²) >= 11 is 6.88. The molecule has 8 heteroatoms. The number of hydrogen-bond donors (Lipinski definition) is 2. The summed E-state index contributed by atoms with van der Waals surface area (Å²) in [6, 6.07) is 12.3. The number of nitrogens with zero attached hydrogens (tertiary/aromatic N) is 2. The van der Waals surface area contributed by atoms with Crippen molar-refractivity contribution >= 4 is 45.4 Å². The van der Waals surface area contributed by atoms with E-state index in [0.717, 1.165) is 55.4 Å². The zero-order valence-corrected chi connectivity index (χ0v) is 20.7. The summed E-state index contributed by atoms with van der Waals surface area (Å²) in [5.41, 5.74) is 2.04. The first-order valence-electron chi connectivity index (χ1n) is 11.8. The van der Waals surface area contributed by atoms with Crippen molar-refractivity contribution in [2.75, 3.05) is 24.5 Å². The Morgan fingerprint density at radius 3 is 2.70 bits per heavy atom. The Morgan fingerprint density at radius 1 is 1.21 bits per heavy atom. The molecule has 1 aliphatic carbocycles. The average molecular weight is 485 g/mol. The molecular weight excluding hydrogens is 452 g/mol. The fraction of sp³-hybridized carbons (Fsp3) is 0.480. The number of aromatic amines is 1. The quantitative estimate of drug-likeness (QED) is 0.333. The van der Waals surface area contributed by atoms with E-state index in [-0.39, 0.29) is 17.4 Å². The second-order valence-corrected chi connectivity index (χ2v) is 10.1. The van der Waals surface area contributed by atoms with E-state index in [1.165, 1.54) is 17.0 Å². The van der Waals surface area contributed by atoms with Gasteiger partial charge >= 0.3 is 0 Å². The van der Waals surface area contributed by atoms with Crippen LogP contribution in [0.3, 0.4) is 0 Å². The van der Waals surface area contributed by atoms with Gasteiger partial charge in [0.05, 0.1) is 5.52 Å². The molecule has 1 aromatic carbocycles. The third-order valence-corrected chi connectivity index (χ3v) is 7.88. The molecule has 1 aliphatic rings. The number of anilines is 1. The number of carbonyl (C=O) groups excluding carboxylic acids is 1. The number of hydrogen-bond acceptors (Lipinski definition) is 5. The summed E-state index contributed by atoms with van der Waals surface area (Å²) < 4.78 is 2.92. The van der Waals surface area contributed by atoms with Crippen molar-refractivity contribution < 1.29 is 4.79 Å². The van der Waals surface area contributed by atoms with Crippen LogP contribution in [0.15, 0.2) is 46.6 Å². The van der Waals surface area contributed by atoms with Crippen LogP contribution < -0.4 is 15.8 Å². The lowest BCUT2D eigenvalue weighted by Crippen LogP contribution is -2.36. The second kappa shape index (κ2) is 11.1. The van der Waals surface area contributed by atoms with Crippen LogP contribution in [0, 0.1) is 16.6 Å². The molecule has 3 aromatic rings. The van der Waals surface area contributed by atoms with Crippen molar-refractivity contribution in [2.24, 2.45) is 11.8 Å². The zero-order valence-electron chi connectivity index (χ0n) is 19.1. The average Bonchev–Trinajstić information content (AvgIpc) is 3.31. The van der Waals surface area contributed by atoms with Crippen LogP contribution in [0.25, 0.3) is 10.2 Å². The lowest BCUT2D eigenvalue weighted by molar-refractivity contribution is -0.126. The Bertz CT molecular complexity index is 1180. The van der Waals surface area contributed by atoms with Gasteiger partial charge in [-0.2, -0.15) is 0 Å². The number of para-hydroxylation sites is 1. The van der Waals surface area contributed by atoms with Gasteiger partial charge < -0.3 is 15.2 Å². The number of rotatable bonds is 9. The third-order valence-electron chi connectivity index (χ3n) is 6.66. The number of amides is 1. The maximum Gasteiger partial charge on any atom is 0.272 e. The van der Waals surface area contributed by atoms with Gasteiger partial charge in [0.1, 0.15) is 4.70 Å². The number of fused-ring (bicyclic) bond motifs is 1. The SMILES string of the molecule is CCN(CCCNC(=O)C1CCC(Cn2c(=S)[nH]c3ccsc3c2=O)CC1)c1ccccc1. The Balaban J connectivity index is 1.22. The Hall–Kier alpha value is -2.45. The zero-order chi connectivity index (χ0) is 23.2. The normalized spacial score (nSPS) is 18.3. The number of thiophene rings is 1. The Kier molecular flexibility index (Phi) is 7.98. The highest BCUT2D eigenvalue weighted by Crippen LogP contribution is 2.30. The molecule has 2 aromatic heterocycles. The fourth-order valence-electron chi connectivity index (χ4n) is 4.74. The van der Waals surface area contributed by atoms with Crippen molar-refractivity contribution in [2.45, 2.75) is 45.6 Å². The molecule has 176 valence electrons. The summed E-state index contributed by atoms with van der Waals surface area (Å²) in [4.78, 5) is 31.0. The lowest BCUT2D eigenvalue weighted by Gasteiger charge is -2.28. The lowest BCUT2D eigenvalue weighted by atomic mass is 9.81. The summed E-state index contributed by atoms with van der Waals surface area (Å²) in [6.45, 7) is 5.37. The first kappa shape index (κ1) is 23.7. The topological polar surface area (TPSA) is 70.1 Å². The minimum absolute atomic E-state index is 0.000224. The third kappa shape index (κ3) is 5.73. The van der Waals surface area contributed by atoms with Crippen molar-refractivity contribution in [3.8, 4) is 0 Å². The molecule has 2 heterocycles. The van der Waals surface area contributed by atoms with Crippen LogP contribution in [0.4, 0.5) is 5.69 Å². The van der Waals surface area contributed by atoms with E-state index < -0.39 is 0 Å². The molecular formula is C25H32N4O2S2. The molecule has 0 atom stereocenters. The molecule has 0 bridgehead atoms. The largest absolute Gasteiger partial charge is 0.372 e. The van der Waals surface area contributed by atoms with Crippen LogP contribution in [-0.2, 0) is 11.3 Å². The molecule has 0 spiro atoms.